The molecule has 7 nitrogen and oxygen atoms in total. The van der Waals surface area contributed by atoms with Gasteiger partial charge in [-0.2, -0.15) is 10.1 Å². The molecule has 2 heterocycles. The van der Waals surface area contributed by atoms with Crippen LogP contribution in [-0.2, 0) is 19.4 Å². The molecule has 0 atom stereocenters. The second-order valence-electron chi connectivity index (χ2n) is 5.94. The molecule has 3 aromatic rings. The number of rotatable bonds is 4. The molecular weight excluding hydrogens is 325 g/mol. The van der Waals surface area contributed by atoms with Crippen molar-refractivity contribution >= 4 is 5.91 Å². The first-order valence-corrected chi connectivity index (χ1v) is 8.13. The van der Waals surface area contributed by atoms with E-state index >= 15 is 0 Å². The number of amides is 1. The van der Waals surface area contributed by atoms with E-state index in [0.717, 1.165) is 36.9 Å². The summed E-state index contributed by atoms with van der Waals surface area (Å²) >= 11 is 0. The van der Waals surface area contributed by atoms with Crippen LogP contribution in [0.5, 0.6) is 0 Å². The molecule has 1 aliphatic rings. The summed E-state index contributed by atoms with van der Waals surface area (Å²) in [5.41, 5.74) is 3.13. The van der Waals surface area contributed by atoms with Crippen LogP contribution in [0.2, 0.25) is 0 Å². The minimum absolute atomic E-state index is 0.106. The van der Waals surface area contributed by atoms with Crippen molar-refractivity contribution in [1.82, 2.24) is 25.7 Å². The highest BCUT2D eigenvalue weighted by Crippen LogP contribution is 2.22. The number of hydrogen-bond donors (Lipinski definition) is 2. The van der Waals surface area contributed by atoms with Gasteiger partial charge in [0, 0.05) is 16.8 Å². The molecule has 1 amide bonds. The lowest BCUT2D eigenvalue weighted by Gasteiger charge is -2.10. The number of fused-ring (bicyclic) bond motifs is 1. The standard InChI is InChI=1S/C17H16FN5O2/c18-11-7-5-10(6-8-11)16-20-14(25-23-16)9-19-17(24)15-12-3-1-2-4-13(12)21-22-15/h5-8H,1-4,9H2,(H,19,24)(H,21,22). The zero-order chi connectivity index (χ0) is 17.2. The van der Waals surface area contributed by atoms with Crippen LogP contribution in [0.25, 0.3) is 11.4 Å². The Morgan fingerprint density at radius 3 is 2.88 bits per heavy atom. The van der Waals surface area contributed by atoms with Crippen LogP contribution in [0, 0.1) is 5.82 Å². The van der Waals surface area contributed by atoms with Crippen LogP contribution in [0.4, 0.5) is 4.39 Å². The molecule has 0 spiro atoms. The smallest absolute Gasteiger partial charge is 0.272 e. The predicted octanol–water partition coefficient (Wildman–Crippen LogP) is 2.41. The van der Waals surface area contributed by atoms with Crippen molar-refractivity contribution in [1.29, 1.82) is 0 Å². The second kappa shape index (κ2) is 6.46. The number of aromatic nitrogens is 4. The topological polar surface area (TPSA) is 96.7 Å². The summed E-state index contributed by atoms with van der Waals surface area (Å²) in [6.45, 7) is 0.106. The van der Waals surface area contributed by atoms with Gasteiger partial charge >= 0.3 is 0 Å². The van der Waals surface area contributed by atoms with Crippen LogP contribution in [-0.4, -0.2) is 26.2 Å². The lowest BCUT2D eigenvalue weighted by Crippen LogP contribution is -2.24. The molecule has 0 saturated heterocycles. The molecule has 1 aliphatic carbocycles. The Kier molecular flexibility index (Phi) is 4.01. The molecule has 8 heteroatoms. The van der Waals surface area contributed by atoms with Gasteiger partial charge in [0.15, 0.2) is 5.69 Å². The molecule has 2 aromatic heterocycles. The van der Waals surface area contributed by atoms with Gasteiger partial charge in [-0.1, -0.05) is 5.16 Å². The SMILES string of the molecule is O=C(NCc1nc(-c2ccc(F)cc2)no1)c1n[nH]c2c1CCCC2. The van der Waals surface area contributed by atoms with E-state index in [1.165, 1.54) is 12.1 Å². The fourth-order valence-electron chi connectivity index (χ4n) is 2.95. The maximum atomic E-state index is 13.0. The first-order chi connectivity index (χ1) is 12.2. The molecule has 0 saturated carbocycles. The van der Waals surface area contributed by atoms with Gasteiger partial charge < -0.3 is 9.84 Å². The van der Waals surface area contributed by atoms with E-state index in [1.807, 2.05) is 0 Å². The number of hydrogen-bond acceptors (Lipinski definition) is 5. The van der Waals surface area contributed by atoms with E-state index in [0.29, 0.717) is 17.1 Å². The largest absolute Gasteiger partial charge is 0.342 e. The Hall–Kier alpha value is -3.03. The van der Waals surface area contributed by atoms with Crippen LogP contribution >= 0.6 is 0 Å². The molecule has 128 valence electrons. The summed E-state index contributed by atoms with van der Waals surface area (Å²) in [5.74, 6) is 0.0291. The van der Waals surface area contributed by atoms with Crippen molar-refractivity contribution in [2.75, 3.05) is 0 Å². The number of carbonyl (C=O) groups excluding carboxylic acids is 1. The Morgan fingerprint density at radius 1 is 1.24 bits per heavy atom. The van der Waals surface area contributed by atoms with Gasteiger partial charge in [-0.05, 0) is 49.9 Å². The van der Waals surface area contributed by atoms with Crippen molar-refractivity contribution in [2.24, 2.45) is 0 Å². The fourth-order valence-corrected chi connectivity index (χ4v) is 2.95. The molecule has 25 heavy (non-hydrogen) atoms. The van der Waals surface area contributed by atoms with Gasteiger partial charge in [-0.25, -0.2) is 4.39 Å². The van der Waals surface area contributed by atoms with Crippen molar-refractivity contribution < 1.29 is 13.7 Å². The minimum Gasteiger partial charge on any atom is -0.342 e. The Balaban J connectivity index is 1.42. The zero-order valence-corrected chi connectivity index (χ0v) is 13.4. The van der Waals surface area contributed by atoms with E-state index in [4.69, 9.17) is 4.52 Å². The summed E-state index contributed by atoms with van der Waals surface area (Å²) in [5, 5.41) is 13.7. The van der Waals surface area contributed by atoms with Gasteiger partial charge in [0.2, 0.25) is 11.7 Å². The highest BCUT2D eigenvalue weighted by atomic mass is 19.1. The van der Waals surface area contributed by atoms with Crippen molar-refractivity contribution in [2.45, 2.75) is 32.2 Å². The number of nitrogens with one attached hydrogen (secondary N) is 2. The second-order valence-corrected chi connectivity index (χ2v) is 5.94. The number of H-pyrrole nitrogens is 1. The van der Waals surface area contributed by atoms with E-state index in [9.17, 15) is 9.18 Å². The maximum Gasteiger partial charge on any atom is 0.272 e. The van der Waals surface area contributed by atoms with Crippen LogP contribution in [0.1, 0.15) is 40.5 Å². The Labute approximate surface area is 142 Å². The Bertz CT molecular complexity index is 900. The summed E-state index contributed by atoms with van der Waals surface area (Å²) in [6.07, 6.45) is 3.98. The minimum atomic E-state index is -0.331. The molecular formula is C17H16FN5O2. The van der Waals surface area contributed by atoms with E-state index in [1.54, 1.807) is 12.1 Å². The van der Waals surface area contributed by atoms with Crippen molar-refractivity contribution in [3.8, 4) is 11.4 Å². The summed E-state index contributed by atoms with van der Waals surface area (Å²) < 4.78 is 18.1. The molecule has 4 rings (SSSR count). The first-order valence-electron chi connectivity index (χ1n) is 8.13. The molecule has 0 unspecified atom stereocenters. The molecule has 0 fully saturated rings. The number of aromatic amines is 1. The highest BCUT2D eigenvalue weighted by molar-refractivity contribution is 5.93. The normalized spacial score (nSPS) is 13.5. The molecule has 0 aliphatic heterocycles. The van der Waals surface area contributed by atoms with E-state index < -0.39 is 0 Å². The molecule has 0 bridgehead atoms. The van der Waals surface area contributed by atoms with Crippen molar-refractivity contribution in [3.05, 3.63) is 52.9 Å². The van der Waals surface area contributed by atoms with E-state index in [2.05, 4.69) is 25.7 Å². The Morgan fingerprint density at radius 2 is 2.04 bits per heavy atom. The van der Waals surface area contributed by atoms with Crippen LogP contribution in [0.15, 0.2) is 28.8 Å². The van der Waals surface area contributed by atoms with Gasteiger partial charge in [-0.15, -0.1) is 0 Å². The van der Waals surface area contributed by atoms with Gasteiger partial charge in [0.05, 0.1) is 6.54 Å². The van der Waals surface area contributed by atoms with Gasteiger partial charge in [-0.3, -0.25) is 9.89 Å². The number of halogens is 1. The van der Waals surface area contributed by atoms with Crippen LogP contribution in [0.3, 0.4) is 0 Å². The molecule has 2 N–H and O–H groups in total. The lowest BCUT2D eigenvalue weighted by molar-refractivity contribution is 0.0940. The monoisotopic (exact) mass is 341 g/mol. The van der Waals surface area contributed by atoms with E-state index in [-0.39, 0.29) is 24.2 Å². The van der Waals surface area contributed by atoms with Gasteiger partial charge in [0.1, 0.15) is 5.82 Å². The van der Waals surface area contributed by atoms with Crippen LogP contribution < -0.4 is 5.32 Å². The number of benzene rings is 1. The quantitative estimate of drug-likeness (QED) is 0.759. The number of aryl methyl sites for hydroxylation is 1. The number of carbonyl (C=O) groups is 1. The van der Waals surface area contributed by atoms with Gasteiger partial charge in [0.25, 0.3) is 5.91 Å². The first kappa shape index (κ1) is 15.5. The average molecular weight is 341 g/mol. The molecule has 0 radical (unpaired) electrons. The summed E-state index contributed by atoms with van der Waals surface area (Å²) in [4.78, 5) is 16.5. The third-order valence-corrected chi connectivity index (χ3v) is 4.24. The number of nitrogens with zero attached hydrogens (tertiary/aromatic N) is 3. The summed E-state index contributed by atoms with van der Waals surface area (Å²) in [7, 11) is 0. The summed E-state index contributed by atoms with van der Waals surface area (Å²) in [6, 6.07) is 5.79. The molecule has 1 aromatic carbocycles. The predicted molar refractivity (Wildman–Crippen MR) is 86.1 cm³/mol. The third kappa shape index (κ3) is 3.15. The third-order valence-electron chi connectivity index (χ3n) is 4.24. The average Bonchev–Trinajstić information content (AvgIpc) is 3.27. The lowest BCUT2D eigenvalue weighted by atomic mass is 9.96. The fraction of sp³-hybridized carbons (Fsp3) is 0.294. The highest BCUT2D eigenvalue weighted by Gasteiger charge is 2.22. The maximum absolute atomic E-state index is 13.0. The zero-order valence-electron chi connectivity index (χ0n) is 13.4. The van der Waals surface area contributed by atoms with Crippen molar-refractivity contribution in [3.63, 3.8) is 0 Å².